The summed E-state index contributed by atoms with van der Waals surface area (Å²) in [6.07, 6.45) is 6.78. The lowest BCUT2D eigenvalue weighted by atomic mass is 10.2. The highest BCUT2D eigenvalue weighted by Gasteiger charge is 2.27. The molecule has 1 fully saturated rings. The topological polar surface area (TPSA) is 96.7 Å². The second kappa shape index (κ2) is 9.02. The number of likely N-dealkylation sites (tertiary alicyclic amines) is 1. The molecule has 8 nitrogen and oxygen atoms in total. The number of amides is 2. The van der Waals surface area contributed by atoms with E-state index in [2.05, 4.69) is 16.2 Å². The molecule has 4 heterocycles. The molecular formula is C25H21FN4O4S. The highest BCUT2D eigenvalue weighted by Crippen LogP contribution is 2.38. The minimum absolute atomic E-state index is 0.0184. The number of carbonyl (C=O) groups is 2. The van der Waals surface area contributed by atoms with Crippen molar-refractivity contribution < 1.29 is 23.8 Å². The van der Waals surface area contributed by atoms with Crippen LogP contribution in [-0.4, -0.2) is 57.2 Å². The van der Waals surface area contributed by atoms with Crippen LogP contribution in [0, 0.1) is 25.1 Å². The van der Waals surface area contributed by atoms with E-state index in [1.165, 1.54) is 28.2 Å². The SMILES string of the molecule is C#CCNC(=O)n1c(C)cc2c(F)c(Oc3ccnc4cc(C(=O)N5CCC(O)C5)sc34)ccc21. The van der Waals surface area contributed by atoms with Crippen LogP contribution >= 0.6 is 11.3 Å². The Hall–Kier alpha value is -3.94. The van der Waals surface area contributed by atoms with Gasteiger partial charge < -0.3 is 20.1 Å². The number of nitrogens with zero attached hydrogens (tertiary/aromatic N) is 3. The monoisotopic (exact) mass is 492 g/mol. The lowest BCUT2D eigenvalue weighted by molar-refractivity contribution is 0.0769. The second-order valence-corrected chi connectivity index (χ2v) is 9.28. The van der Waals surface area contributed by atoms with Gasteiger partial charge in [-0.15, -0.1) is 17.8 Å². The van der Waals surface area contributed by atoms with Gasteiger partial charge in [0.05, 0.1) is 33.3 Å². The number of aryl methyl sites for hydroxylation is 1. The first-order chi connectivity index (χ1) is 16.9. The average molecular weight is 493 g/mol. The Balaban J connectivity index is 1.47. The van der Waals surface area contributed by atoms with Crippen LogP contribution in [-0.2, 0) is 0 Å². The summed E-state index contributed by atoms with van der Waals surface area (Å²) in [5.74, 6) is 1.89. The summed E-state index contributed by atoms with van der Waals surface area (Å²) in [6.45, 7) is 2.56. The third-order valence-electron chi connectivity index (χ3n) is 5.87. The van der Waals surface area contributed by atoms with Crippen molar-refractivity contribution in [2.45, 2.75) is 19.4 Å². The fraction of sp³-hybridized carbons (Fsp3) is 0.240. The van der Waals surface area contributed by atoms with E-state index >= 15 is 4.39 Å². The number of halogens is 1. The summed E-state index contributed by atoms with van der Waals surface area (Å²) in [5.41, 5.74) is 1.49. The lowest BCUT2D eigenvalue weighted by Crippen LogP contribution is -2.29. The van der Waals surface area contributed by atoms with E-state index in [9.17, 15) is 14.7 Å². The Morgan fingerprint density at radius 1 is 1.34 bits per heavy atom. The molecule has 1 atom stereocenters. The van der Waals surface area contributed by atoms with Crippen molar-refractivity contribution in [3.63, 3.8) is 0 Å². The first-order valence-corrected chi connectivity index (χ1v) is 11.7. The van der Waals surface area contributed by atoms with E-state index in [-0.39, 0.29) is 23.6 Å². The smallest absolute Gasteiger partial charge is 0.327 e. The number of carbonyl (C=O) groups excluding carboxylic acids is 2. The summed E-state index contributed by atoms with van der Waals surface area (Å²) < 4.78 is 23.3. The van der Waals surface area contributed by atoms with Crippen LogP contribution in [0.15, 0.2) is 36.5 Å². The lowest BCUT2D eigenvalue weighted by Gasteiger charge is -2.13. The molecule has 0 bridgehead atoms. The number of hydrogen-bond donors (Lipinski definition) is 2. The Morgan fingerprint density at radius 3 is 2.91 bits per heavy atom. The third-order valence-corrected chi connectivity index (χ3v) is 7.00. The Morgan fingerprint density at radius 2 is 2.17 bits per heavy atom. The number of nitrogens with one attached hydrogen (secondary N) is 1. The molecule has 1 aliphatic heterocycles. The molecule has 178 valence electrons. The highest BCUT2D eigenvalue weighted by molar-refractivity contribution is 7.21. The maximum absolute atomic E-state index is 15.4. The molecule has 0 saturated carbocycles. The number of rotatable bonds is 4. The molecule has 10 heteroatoms. The number of benzene rings is 1. The van der Waals surface area contributed by atoms with E-state index in [1.807, 2.05) is 0 Å². The van der Waals surface area contributed by atoms with Gasteiger partial charge >= 0.3 is 6.03 Å². The summed E-state index contributed by atoms with van der Waals surface area (Å²) in [7, 11) is 0. The van der Waals surface area contributed by atoms with E-state index in [0.717, 1.165) is 0 Å². The molecule has 2 N–H and O–H groups in total. The van der Waals surface area contributed by atoms with Crippen LogP contribution in [0.4, 0.5) is 9.18 Å². The maximum atomic E-state index is 15.4. The highest BCUT2D eigenvalue weighted by atomic mass is 32.1. The predicted octanol–water partition coefficient (Wildman–Crippen LogP) is 3.89. The molecule has 1 saturated heterocycles. The quantitative estimate of drug-likeness (QED) is 0.422. The van der Waals surface area contributed by atoms with E-state index in [1.54, 1.807) is 36.1 Å². The molecule has 1 unspecified atom stereocenters. The largest absolute Gasteiger partial charge is 0.453 e. The van der Waals surface area contributed by atoms with Crippen LogP contribution in [0.5, 0.6) is 11.5 Å². The normalized spacial score (nSPS) is 15.5. The first kappa shape index (κ1) is 22.8. The molecular weight excluding hydrogens is 471 g/mol. The number of aliphatic hydroxyl groups excluding tert-OH is 1. The zero-order chi connectivity index (χ0) is 24.7. The molecule has 0 spiro atoms. The van der Waals surface area contributed by atoms with Crippen LogP contribution in [0.25, 0.3) is 21.1 Å². The second-order valence-electron chi connectivity index (χ2n) is 8.22. The average Bonchev–Trinajstić information content (AvgIpc) is 3.55. The van der Waals surface area contributed by atoms with Crippen LogP contribution in [0.3, 0.4) is 0 Å². The van der Waals surface area contributed by atoms with Crippen molar-refractivity contribution in [2.24, 2.45) is 0 Å². The standard InChI is InChI=1S/C25H21FN4O4S/c1-3-8-28-25(33)30-14(2)11-16-18(30)4-5-19(22(16)26)34-20-6-9-27-17-12-21(35-23(17)20)24(32)29-10-7-15(31)13-29/h1,4-6,9,11-12,15,31H,7-8,10,13H2,2H3,(H,28,33). The summed E-state index contributed by atoms with van der Waals surface area (Å²) in [4.78, 5) is 31.7. The van der Waals surface area contributed by atoms with Gasteiger partial charge in [-0.3, -0.25) is 14.3 Å². The third kappa shape index (κ3) is 4.09. The molecule has 0 aliphatic carbocycles. The van der Waals surface area contributed by atoms with Crippen LogP contribution < -0.4 is 10.1 Å². The number of thiophene rings is 1. The van der Waals surface area contributed by atoms with Crippen LogP contribution in [0.2, 0.25) is 0 Å². The number of aromatic nitrogens is 2. The number of aliphatic hydroxyl groups is 1. The maximum Gasteiger partial charge on any atom is 0.327 e. The molecule has 4 aromatic rings. The molecule has 0 radical (unpaired) electrons. The van der Waals surface area contributed by atoms with Crippen molar-refractivity contribution >= 4 is 44.4 Å². The van der Waals surface area contributed by atoms with Gasteiger partial charge in [0, 0.05) is 36.4 Å². The first-order valence-electron chi connectivity index (χ1n) is 10.9. The minimum Gasteiger partial charge on any atom is -0.453 e. The number of pyridine rings is 1. The Labute approximate surface area is 203 Å². The number of fused-ring (bicyclic) bond motifs is 2. The molecule has 2 amide bonds. The number of β-amino-alcohol motifs (C(OH)–C–C–N with tert-alkyl or cyclic N) is 1. The zero-order valence-corrected chi connectivity index (χ0v) is 19.6. The fourth-order valence-electron chi connectivity index (χ4n) is 4.21. The summed E-state index contributed by atoms with van der Waals surface area (Å²) >= 11 is 1.21. The zero-order valence-electron chi connectivity index (χ0n) is 18.7. The number of hydrogen-bond acceptors (Lipinski definition) is 6. The van der Waals surface area contributed by atoms with Crippen molar-refractivity contribution in [2.75, 3.05) is 19.6 Å². The molecule has 3 aromatic heterocycles. The van der Waals surface area contributed by atoms with Crippen molar-refractivity contribution in [3.8, 4) is 23.8 Å². The van der Waals surface area contributed by atoms with E-state index in [0.29, 0.717) is 51.6 Å². The number of terminal acetylenes is 1. The van der Waals surface area contributed by atoms with Gasteiger partial charge in [0.25, 0.3) is 5.91 Å². The van der Waals surface area contributed by atoms with Gasteiger partial charge in [0.2, 0.25) is 0 Å². The van der Waals surface area contributed by atoms with Gasteiger partial charge in [-0.25, -0.2) is 9.18 Å². The Kier molecular flexibility index (Phi) is 5.88. The molecule has 1 aliphatic rings. The van der Waals surface area contributed by atoms with Gasteiger partial charge in [0.15, 0.2) is 11.6 Å². The number of ether oxygens (including phenoxy) is 1. The molecule has 5 rings (SSSR count). The predicted molar refractivity (Wildman–Crippen MR) is 130 cm³/mol. The van der Waals surface area contributed by atoms with Crippen molar-refractivity contribution in [3.05, 3.63) is 52.9 Å². The van der Waals surface area contributed by atoms with Crippen molar-refractivity contribution in [1.82, 2.24) is 19.8 Å². The Bertz CT molecular complexity index is 1520. The van der Waals surface area contributed by atoms with Crippen LogP contribution in [0.1, 0.15) is 21.8 Å². The molecule has 35 heavy (non-hydrogen) atoms. The fourth-order valence-corrected chi connectivity index (χ4v) is 5.25. The summed E-state index contributed by atoms with van der Waals surface area (Å²) in [6, 6.07) is 7.48. The van der Waals surface area contributed by atoms with Gasteiger partial charge in [0.1, 0.15) is 5.75 Å². The molecule has 1 aromatic carbocycles. The summed E-state index contributed by atoms with van der Waals surface area (Å²) in [5, 5.41) is 12.6. The van der Waals surface area contributed by atoms with E-state index < -0.39 is 18.0 Å². The van der Waals surface area contributed by atoms with Gasteiger partial charge in [-0.05, 0) is 37.6 Å². The van der Waals surface area contributed by atoms with Gasteiger partial charge in [-0.1, -0.05) is 5.92 Å². The van der Waals surface area contributed by atoms with E-state index in [4.69, 9.17) is 11.2 Å². The van der Waals surface area contributed by atoms with Gasteiger partial charge in [-0.2, -0.15) is 0 Å². The minimum atomic E-state index is -0.613. The van der Waals surface area contributed by atoms with Crippen molar-refractivity contribution in [1.29, 1.82) is 0 Å².